The number of rotatable bonds is 4. The Hall–Kier alpha value is -1.19. The topological polar surface area (TPSA) is 24.9 Å². The third-order valence-electron chi connectivity index (χ3n) is 3.77. The molecule has 106 valence electrons. The van der Waals surface area contributed by atoms with Gasteiger partial charge in [-0.05, 0) is 37.3 Å². The molecule has 1 N–H and O–H groups in total. The Morgan fingerprint density at radius 1 is 1.30 bits per heavy atom. The van der Waals surface area contributed by atoms with Gasteiger partial charge in [-0.2, -0.15) is 0 Å². The predicted molar refractivity (Wildman–Crippen MR) is 86.1 cm³/mol. The van der Waals surface area contributed by atoms with Crippen LogP contribution in [0.15, 0.2) is 29.6 Å². The standard InChI is InChI=1S/C17H22N2S/c1-12(2)10-13-5-7-14(8-6-13)16-11-20-17(19-16)15-4-3-9-18-15/h5-8,11-12,15,18H,3-4,9-10H2,1-2H3. The van der Waals surface area contributed by atoms with E-state index in [0.29, 0.717) is 12.0 Å². The van der Waals surface area contributed by atoms with Crippen molar-refractivity contribution < 1.29 is 0 Å². The van der Waals surface area contributed by atoms with Crippen molar-refractivity contribution in [3.05, 3.63) is 40.2 Å². The number of aromatic nitrogens is 1. The molecule has 1 aromatic carbocycles. The molecule has 1 aliphatic rings. The molecule has 1 aliphatic heterocycles. The van der Waals surface area contributed by atoms with E-state index in [-0.39, 0.29) is 0 Å². The maximum absolute atomic E-state index is 4.81. The van der Waals surface area contributed by atoms with Crippen LogP contribution in [-0.4, -0.2) is 11.5 Å². The predicted octanol–water partition coefficient (Wildman–Crippen LogP) is 4.43. The van der Waals surface area contributed by atoms with E-state index >= 15 is 0 Å². The average molecular weight is 286 g/mol. The molecule has 1 aromatic heterocycles. The fourth-order valence-corrected chi connectivity index (χ4v) is 3.70. The van der Waals surface area contributed by atoms with Crippen molar-refractivity contribution in [2.45, 2.75) is 39.2 Å². The van der Waals surface area contributed by atoms with Crippen LogP contribution in [0.25, 0.3) is 11.3 Å². The van der Waals surface area contributed by atoms with Crippen molar-refractivity contribution in [3.8, 4) is 11.3 Å². The van der Waals surface area contributed by atoms with Crippen LogP contribution in [0.4, 0.5) is 0 Å². The number of thiazole rings is 1. The zero-order chi connectivity index (χ0) is 13.9. The van der Waals surface area contributed by atoms with Crippen LogP contribution in [0.5, 0.6) is 0 Å². The average Bonchev–Trinajstić information content (AvgIpc) is 3.10. The van der Waals surface area contributed by atoms with Gasteiger partial charge in [-0.3, -0.25) is 0 Å². The van der Waals surface area contributed by atoms with E-state index in [1.807, 2.05) is 0 Å². The first-order valence-corrected chi connectivity index (χ1v) is 8.38. The summed E-state index contributed by atoms with van der Waals surface area (Å²) in [6, 6.07) is 9.37. The zero-order valence-corrected chi connectivity index (χ0v) is 13.0. The van der Waals surface area contributed by atoms with E-state index in [2.05, 4.69) is 48.8 Å². The lowest BCUT2D eigenvalue weighted by atomic mass is 10.0. The number of hydrogen-bond donors (Lipinski definition) is 1. The van der Waals surface area contributed by atoms with Gasteiger partial charge in [0.1, 0.15) is 5.01 Å². The van der Waals surface area contributed by atoms with Gasteiger partial charge in [-0.25, -0.2) is 4.98 Å². The smallest absolute Gasteiger partial charge is 0.110 e. The van der Waals surface area contributed by atoms with Gasteiger partial charge in [0.2, 0.25) is 0 Å². The van der Waals surface area contributed by atoms with Crippen molar-refractivity contribution in [1.82, 2.24) is 10.3 Å². The Balaban J connectivity index is 1.75. The highest BCUT2D eigenvalue weighted by Gasteiger charge is 2.19. The Kier molecular flexibility index (Phi) is 4.18. The second kappa shape index (κ2) is 6.06. The number of nitrogens with zero attached hydrogens (tertiary/aromatic N) is 1. The molecule has 2 heterocycles. The third kappa shape index (κ3) is 3.10. The molecule has 1 unspecified atom stereocenters. The first-order valence-electron chi connectivity index (χ1n) is 7.50. The molecule has 1 saturated heterocycles. The molecular weight excluding hydrogens is 264 g/mol. The third-order valence-corrected chi connectivity index (χ3v) is 4.73. The van der Waals surface area contributed by atoms with Crippen molar-refractivity contribution in [2.24, 2.45) is 5.92 Å². The summed E-state index contributed by atoms with van der Waals surface area (Å²) >= 11 is 1.78. The Labute approximate surface area is 125 Å². The van der Waals surface area contributed by atoms with Crippen LogP contribution in [-0.2, 0) is 6.42 Å². The molecule has 3 heteroatoms. The summed E-state index contributed by atoms with van der Waals surface area (Å²) in [6.45, 7) is 5.65. The van der Waals surface area contributed by atoms with Crippen LogP contribution in [0.3, 0.4) is 0 Å². The molecule has 3 rings (SSSR count). The zero-order valence-electron chi connectivity index (χ0n) is 12.2. The quantitative estimate of drug-likeness (QED) is 0.899. The first kappa shape index (κ1) is 13.8. The summed E-state index contributed by atoms with van der Waals surface area (Å²) < 4.78 is 0. The minimum Gasteiger partial charge on any atom is -0.308 e. The van der Waals surface area contributed by atoms with Gasteiger partial charge in [0, 0.05) is 10.9 Å². The number of hydrogen-bond acceptors (Lipinski definition) is 3. The Morgan fingerprint density at radius 3 is 2.75 bits per heavy atom. The SMILES string of the molecule is CC(C)Cc1ccc(-c2csc(C3CCCN3)n2)cc1. The van der Waals surface area contributed by atoms with E-state index in [9.17, 15) is 0 Å². The van der Waals surface area contributed by atoms with Gasteiger partial charge >= 0.3 is 0 Å². The first-order chi connectivity index (χ1) is 9.72. The van der Waals surface area contributed by atoms with Crippen molar-refractivity contribution in [2.75, 3.05) is 6.54 Å². The summed E-state index contributed by atoms with van der Waals surface area (Å²) in [6.07, 6.45) is 3.64. The summed E-state index contributed by atoms with van der Waals surface area (Å²) in [7, 11) is 0. The molecule has 0 aliphatic carbocycles. The molecule has 2 aromatic rings. The Morgan fingerprint density at radius 2 is 2.10 bits per heavy atom. The van der Waals surface area contributed by atoms with Crippen molar-refractivity contribution in [3.63, 3.8) is 0 Å². The van der Waals surface area contributed by atoms with E-state index in [1.165, 1.54) is 29.0 Å². The van der Waals surface area contributed by atoms with Crippen molar-refractivity contribution >= 4 is 11.3 Å². The van der Waals surface area contributed by atoms with Gasteiger partial charge in [0.05, 0.1) is 11.7 Å². The summed E-state index contributed by atoms with van der Waals surface area (Å²) in [5, 5.41) is 6.94. The summed E-state index contributed by atoms with van der Waals surface area (Å²) in [4.78, 5) is 4.81. The lowest BCUT2D eigenvalue weighted by Crippen LogP contribution is -2.12. The van der Waals surface area contributed by atoms with Crippen LogP contribution >= 0.6 is 11.3 Å². The van der Waals surface area contributed by atoms with Gasteiger partial charge in [0.15, 0.2) is 0 Å². The Bertz CT molecular complexity index is 551. The monoisotopic (exact) mass is 286 g/mol. The van der Waals surface area contributed by atoms with E-state index in [1.54, 1.807) is 11.3 Å². The van der Waals surface area contributed by atoms with Crippen LogP contribution in [0.1, 0.15) is 43.3 Å². The van der Waals surface area contributed by atoms with E-state index in [0.717, 1.165) is 18.7 Å². The lowest BCUT2D eigenvalue weighted by Gasteiger charge is -2.06. The van der Waals surface area contributed by atoms with Crippen molar-refractivity contribution in [1.29, 1.82) is 0 Å². The summed E-state index contributed by atoms with van der Waals surface area (Å²) in [5.74, 6) is 0.708. The highest BCUT2D eigenvalue weighted by molar-refractivity contribution is 7.10. The molecule has 0 radical (unpaired) electrons. The van der Waals surface area contributed by atoms with E-state index in [4.69, 9.17) is 4.98 Å². The fraction of sp³-hybridized carbons (Fsp3) is 0.471. The highest BCUT2D eigenvalue weighted by Crippen LogP contribution is 2.29. The van der Waals surface area contributed by atoms with E-state index < -0.39 is 0 Å². The summed E-state index contributed by atoms with van der Waals surface area (Å²) in [5.41, 5.74) is 3.77. The van der Waals surface area contributed by atoms with Gasteiger partial charge < -0.3 is 5.32 Å². The normalized spacial score (nSPS) is 18.9. The molecule has 1 fully saturated rings. The lowest BCUT2D eigenvalue weighted by molar-refractivity contribution is 0.643. The van der Waals surface area contributed by atoms with Crippen LogP contribution < -0.4 is 5.32 Å². The minimum absolute atomic E-state index is 0.481. The van der Waals surface area contributed by atoms with Crippen LogP contribution in [0, 0.1) is 5.92 Å². The molecule has 1 atom stereocenters. The molecule has 2 nitrogen and oxygen atoms in total. The molecular formula is C17H22N2S. The number of benzene rings is 1. The molecule has 20 heavy (non-hydrogen) atoms. The van der Waals surface area contributed by atoms with Gasteiger partial charge in [0.25, 0.3) is 0 Å². The fourth-order valence-electron chi connectivity index (χ4n) is 2.76. The largest absolute Gasteiger partial charge is 0.308 e. The maximum Gasteiger partial charge on any atom is 0.110 e. The highest BCUT2D eigenvalue weighted by atomic mass is 32.1. The molecule has 0 bridgehead atoms. The molecule has 0 spiro atoms. The second-order valence-electron chi connectivity index (χ2n) is 6.01. The number of nitrogens with one attached hydrogen (secondary N) is 1. The molecule has 0 amide bonds. The minimum atomic E-state index is 0.481. The molecule has 0 saturated carbocycles. The second-order valence-corrected chi connectivity index (χ2v) is 6.90. The van der Waals surface area contributed by atoms with Crippen LogP contribution in [0.2, 0.25) is 0 Å². The van der Waals surface area contributed by atoms with Gasteiger partial charge in [-0.15, -0.1) is 11.3 Å². The van der Waals surface area contributed by atoms with Gasteiger partial charge in [-0.1, -0.05) is 38.1 Å². The maximum atomic E-state index is 4.81.